The van der Waals surface area contributed by atoms with Gasteiger partial charge >= 0.3 is 0 Å². The van der Waals surface area contributed by atoms with Gasteiger partial charge in [0.1, 0.15) is 12.2 Å². The molecule has 4 aromatic carbocycles. The predicted molar refractivity (Wildman–Crippen MR) is 153 cm³/mol. The van der Waals surface area contributed by atoms with Crippen molar-refractivity contribution < 1.29 is 4.79 Å². The van der Waals surface area contributed by atoms with Crippen LogP contribution in [0.2, 0.25) is 0 Å². The molecule has 6 rings (SSSR count). The Morgan fingerprint density at radius 2 is 1.50 bits per heavy atom. The maximum Gasteiger partial charge on any atom is 0.260 e. The Morgan fingerprint density at radius 3 is 2.18 bits per heavy atom. The zero-order chi connectivity index (χ0) is 25.9. The van der Waals surface area contributed by atoms with Crippen molar-refractivity contribution in [1.29, 1.82) is 0 Å². The summed E-state index contributed by atoms with van der Waals surface area (Å²) >= 11 is 1.72. The summed E-state index contributed by atoms with van der Waals surface area (Å²) < 4.78 is 1.83. The second-order valence-electron chi connectivity index (χ2n) is 9.00. The van der Waals surface area contributed by atoms with E-state index in [1.807, 2.05) is 94.6 Å². The molecule has 1 aliphatic heterocycles. The number of amides is 1. The highest BCUT2D eigenvalue weighted by Crippen LogP contribution is 2.47. The number of carbonyl (C=O) groups is 1. The van der Waals surface area contributed by atoms with Crippen LogP contribution >= 0.6 is 11.8 Å². The van der Waals surface area contributed by atoms with E-state index in [0.717, 1.165) is 43.7 Å². The lowest BCUT2D eigenvalue weighted by Crippen LogP contribution is -2.33. The highest BCUT2D eigenvalue weighted by molar-refractivity contribution is 7.99. The normalized spacial score (nSPS) is 12.3. The first-order chi connectivity index (χ1) is 18.7. The number of rotatable bonds is 6. The third-order valence-corrected chi connectivity index (χ3v) is 7.45. The summed E-state index contributed by atoms with van der Waals surface area (Å²) in [5, 5.41) is 9.14. The first kappa shape index (κ1) is 23.8. The Kier molecular flexibility index (Phi) is 6.50. The lowest BCUT2D eigenvalue weighted by molar-refractivity contribution is -0.119. The molecule has 0 unspecified atom stereocenters. The van der Waals surface area contributed by atoms with E-state index in [1.165, 1.54) is 5.56 Å². The van der Waals surface area contributed by atoms with Crippen LogP contribution in [0.15, 0.2) is 124 Å². The molecule has 2 heterocycles. The summed E-state index contributed by atoms with van der Waals surface area (Å²) in [7, 11) is 0. The molecule has 0 saturated carbocycles. The minimum atomic E-state index is -0.204. The van der Waals surface area contributed by atoms with Crippen LogP contribution < -0.4 is 10.3 Å². The highest BCUT2D eigenvalue weighted by Gasteiger charge is 2.24. The fourth-order valence-electron chi connectivity index (χ4n) is 4.43. The van der Waals surface area contributed by atoms with Crippen molar-refractivity contribution >= 4 is 35.3 Å². The second-order valence-corrected chi connectivity index (χ2v) is 10.1. The number of hydrogen-bond donors (Lipinski definition) is 1. The number of fused-ring (bicyclic) bond motifs is 2. The van der Waals surface area contributed by atoms with Crippen molar-refractivity contribution in [3.63, 3.8) is 0 Å². The summed E-state index contributed by atoms with van der Waals surface area (Å²) in [6.45, 7) is 2.21. The molecule has 1 N–H and O–H groups in total. The predicted octanol–water partition coefficient (Wildman–Crippen LogP) is 6.60. The topological polar surface area (TPSA) is 62.5 Å². The van der Waals surface area contributed by atoms with Gasteiger partial charge in [0, 0.05) is 27.1 Å². The molecule has 38 heavy (non-hydrogen) atoms. The minimum absolute atomic E-state index is 0.153. The summed E-state index contributed by atoms with van der Waals surface area (Å²) in [4.78, 5) is 17.3. The van der Waals surface area contributed by atoms with Gasteiger partial charge in [-0.25, -0.2) is 10.1 Å². The summed E-state index contributed by atoms with van der Waals surface area (Å²) in [6, 6.07) is 34.4. The molecule has 0 spiro atoms. The van der Waals surface area contributed by atoms with Crippen molar-refractivity contribution in [3.8, 4) is 16.9 Å². The minimum Gasteiger partial charge on any atom is -0.330 e. The van der Waals surface area contributed by atoms with Crippen molar-refractivity contribution in [1.82, 2.24) is 15.2 Å². The van der Waals surface area contributed by atoms with Crippen LogP contribution in [-0.2, 0) is 4.79 Å². The smallest absolute Gasteiger partial charge is 0.260 e. The third kappa shape index (κ3) is 4.84. The van der Waals surface area contributed by atoms with E-state index in [-0.39, 0.29) is 12.5 Å². The average Bonchev–Trinajstić information content (AvgIpc) is 3.38. The van der Waals surface area contributed by atoms with E-state index in [4.69, 9.17) is 5.10 Å². The van der Waals surface area contributed by atoms with Gasteiger partial charge < -0.3 is 4.90 Å². The Labute approximate surface area is 225 Å². The second kappa shape index (κ2) is 10.4. The summed E-state index contributed by atoms with van der Waals surface area (Å²) in [6.07, 6.45) is 3.59. The van der Waals surface area contributed by atoms with Gasteiger partial charge in [0.05, 0.1) is 23.3 Å². The van der Waals surface area contributed by atoms with E-state index >= 15 is 0 Å². The molecule has 0 aliphatic carbocycles. The molecule has 0 saturated heterocycles. The molecule has 1 aromatic heterocycles. The average molecular weight is 516 g/mol. The number of nitrogens with zero attached hydrogens (tertiary/aromatic N) is 4. The molecule has 0 radical (unpaired) electrons. The Balaban J connectivity index is 1.24. The van der Waals surface area contributed by atoms with Crippen molar-refractivity contribution in [2.75, 3.05) is 11.4 Å². The van der Waals surface area contributed by atoms with E-state index < -0.39 is 0 Å². The molecule has 0 atom stereocenters. The number of aryl methyl sites for hydroxylation is 1. The van der Waals surface area contributed by atoms with E-state index in [9.17, 15) is 4.79 Å². The van der Waals surface area contributed by atoms with Gasteiger partial charge in [-0.3, -0.25) is 4.79 Å². The molecular formula is C31H25N5OS. The maximum absolute atomic E-state index is 13.0. The number of aromatic nitrogens is 2. The van der Waals surface area contributed by atoms with Gasteiger partial charge in [0.15, 0.2) is 0 Å². The van der Waals surface area contributed by atoms with Crippen LogP contribution in [0.25, 0.3) is 16.9 Å². The molecule has 0 fully saturated rings. The molecule has 5 aromatic rings. The Morgan fingerprint density at radius 1 is 0.868 bits per heavy atom. The standard InChI is InChI=1S/C31H25N5OS/c1-22-15-17-23(18-16-22)31-24(20-36(34-31)25-9-3-2-4-10-25)19-32-33-30(37)21-35-26-11-5-7-13-28(26)38-29-14-8-6-12-27(29)35/h2-20H,21H2,1H3,(H,33,37). The van der Waals surface area contributed by atoms with E-state index in [2.05, 4.69) is 41.7 Å². The fraction of sp³-hybridized carbons (Fsp3) is 0.0645. The molecule has 7 heteroatoms. The van der Waals surface area contributed by atoms with Crippen molar-refractivity contribution in [3.05, 3.63) is 120 Å². The monoisotopic (exact) mass is 515 g/mol. The molecule has 6 nitrogen and oxygen atoms in total. The lowest BCUT2D eigenvalue weighted by atomic mass is 10.1. The SMILES string of the molecule is Cc1ccc(-c2nn(-c3ccccc3)cc2C=NNC(=O)CN2c3ccccc3Sc3ccccc32)cc1. The van der Waals surface area contributed by atoms with Crippen LogP contribution in [0.1, 0.15) is 11.1 Å². The Bertz CT molecular complexity index is 1580. The molecule has 0 bridgehead atoms. The zero-order valence-corrected chi connectivity index (χ0v) is 21.6. The number of nitrogens with one attached hydrogen (secondary N) is 1. The largest absolute Gasteiger partial charge is 0.330 e. The van der Waals surface area contributed by atoms with Gasteiger partial charge in [0.2, 0.25) is 0 Å². The van der Waals surface area contributed by atoms with Gasteiger partial charge in [-0.1, -0.05) is 84.1 Å². The number of hydrazone groups is 1. The van der Waals surface area contributed by atoms with Gasteiger partial charge in [0.25, 0.3) is 5.91 Å². The number of carbonyl (C=O) groups excluding carboxylic acids is 1. The third-order valence-electron chi connectivity index (χ3n) is 6.31. The molecule has 1 aliphatic rings. The van der Waals surface area contributed by atoms with Crippen LogP contribution in [0, 0.1) is 6.92 Å². The lowest BCUT2D eigenvalue weighted by Gasteiger charge is -2.31. The first-order valence-corrected chi connectivity index (χ1v) is 13.1. The highest BCUT2D eigenvalue weighted by atomic mass is 32.2. The molecule has 186 valence electrons. The van der Waals surface area contributed by atoms with E-state index in [0.29, 0.717) is 0 Å². The zero-order valence-electron chi connectivity index (χ0n) is 20.8. The fourth-order valence-corrected chi connectivity index (χ4v) is 5.53. The quantitative estimate of drug-likeness (QED) is 0.204. The van der Waals surface area contributed by atoms with Crippen molar-refractivity contribution in [2.24, 2.45) is 5.10 Å². The van der Waals surface area contributed by atoms with Crippen LogP contribution in [0.5, 0.6) is 0 Å². The number of benzene rings is 4. The number of para-hydroxylation sites is 3. The van der Waals surface area contributed by atoms with Crippen LogP contribution in [0.3, 0.4) is 0 Å². The summed E-state index contributed by atoms with van der Waals surface area (Å²) in [5.41, 5.74) is 9.47. The van der Waals surface area contributed by atoms with Gasteiger partial charge in [-0.2, -0.15) is 10.2 Å². The molecular weight excluding hydrogens is 490 g/mol. The number of anilines is 2. The van der Waals surface area contributed by atoms with Crippen LogP contribution in [0.4, 0.5) is 11.4 Å². The van der Waals surface area contributed by atoms with Crippen LogP contribution in [-0.4, -0.2) is 28.4 Å². The maximum atomic E-state index is 13.0. The molecule has 1 amide bonds. The van der Waals surface area contributed by atoms with E-state index in [1.54, 1.807) is 18.0 Å². The Hall–Kier alpha value is -4.62. The number of hydrogen-bond acceptors (Lipinski definition) is 5. The van der Waals surface area contributed by atoms with Crippen molar-refractivity contribution in [2.45, 2.75) is 16.7 Å². The van der Waals surface area contributed by atoms with Gasteiger partial charge in [-0.05, 0) is 43.3 Å². The van der Waals surface area contributed by atoms with Gasteiger partial charge in [-0.15, -0.1) is 0 Å². The first-order valence-electron chi connectivity index (χ1n) is 12.3. The summed E-state index contributed by atoms with van der Waals surface area (Å²) in [5.74, 6) is -0.204.